The maximum absolute atomic E-state index is 13.5. The number of benzene rings is 2. The second-order valence-electron chi connectivity index (χ2n) is 8.93. The van der Waals surface area contributed by atoms with Crippen molar-refractivity contribution in [1.29, 1.82) is 0 Å². The van der Waals surface area contributed by atoms with Crippen molar-refractivity contribution in [2.24, 2.45) is 23.2 Å². The zero-order valence-corrected chi connectivity index (χ0v) is 18.0. The standard InChI is InChI=1S/C26H34O3/c1-20(2)24-15-14-21(3)16-26(24,19-28-17-22-10-6-4-7-11-22)25(27)29-18-23-12-8-5-9-13-23/h4-13,20-21,24H,14-19H2,1-3H3/t21-,24+,26?/m1/s1. The van der Waals surface area contributed by atoms with Crippen LogP contribution in [-0.4, -0.2) is 12.6 Å². The lowest BCUT2D eigenvalue weighted by Crippen LogP contribution is -2.49. The van der Waals surface area contributed by atoms with Crippen LogP contribution in [0.5, 0.6) is 0 Å². The molecule has 29 heavy (non-hydrogen) atoms. The summed E-state index contributed by atoms with van der Waals surface area (Å²) in [4.78, 5) is 13.5. The lowest BCUT2D eigenvalue weighted by molar-refractivity contribution is -0.174. The van der Waals surface area contributed by atoms with Crippen molar-refractivity contribution in [3.63, 3.8) is 0 Å². The Hall–Kier alpha value is -2.13. The molecule has 0 aromatic heterocycles. The van der Waals surface area contributed by atoms with E-state index in [-0.39, 0.29) is 11.9 Å². The highest BCUT2D eigenvalue weighted by molar-refractivity contribution is 5.77. The zero-order chi connectivity index (χ0) is 20.7. The van der Waals surface area contributed by atoms with Crippen LogP contribution in [-0.2, 0) is 27.5 Å². The molecule has 1 fully saturated rings. The second-order valence-corrected chi connectivity index (χ2v) is 8.93. The van der Waals surface area contributed by atoms with Gasteiger partial charge in [0, 0.05) is 0 Å². The molecule has 1 aliphatic carbocycles. The van der Waals surface area contributed by atoms with Gasteiger partial charge in [0.05, 0.1) is 18.6 Å². The normalized spacial score (nSPS) is 24.4. The molecule has 0 heterocycles. The summed E-state index contributed by atoms with van der Waals surface area (Å²) < 4.78 is 12.0. The molecule has 0 spiro atoms. The van der Waals surface area contributed by atoms with Gasteiger partial charge in [0.15, 0.2) is 0 Å². The highest BCUT2D eigenvalue weighted by Gasteiger charge is 2.51. The van der Waals surface area contributed by atoms with Gasteiger partial charge in [-0.3, -0.25) is 4.79 Å². The van der Waals surface area contributed by atoms with Crippen molar-refractivity contribution in [2.45, 2.75) is 53.2 Å². The molecule has 0 saturated heterocycles. The van der Waals surface area contributed by atoms with Crippen LogP contribution in [0.1, 0.15) is 51.2 Å². The summed E-state index contributed by atoms with van der Waals surface area (Å²) in [5.74, 6) is 1.08. The van der Waals surface area contributed by atoms with Gasteiger partial charge in [-0.1, -0.05) is 87.9 Å². The summed E-state index contributed by atoms with van der Waals surface area (Å²) in [7, 11) is 0. The summed E-state index contributed by atoms with van der Waals surface area (Å²) in [6.07, 6.45) is 3.04. The first-order chi connectivity index (χ1) is 14.0. The topological polar surface area (TPSA) is 35.5 Å². The average Bonchev–Trinajstić information content (AvgIpc) is 2.73. The van der Waals surface area contributed by atoms with E-state index < -0.39 is 5.41 Å². The number of hydrogen-bond acceptors (Lipinski definition) is 3. The Labute approximate surface area is 175 Å². The van der Waals surface area contributed by atoms with Gasteiger partial charge >= 0.3 is 5.97 Å². The minimum Gasteiger partial charge on any atom is -0.460 e. The van der Waals surface area contributed by atoms with Crippen molar-refractivity contribution < 1.29 is 14.3 Å². The van der Waals surface area contributed by atoms with Crippen LogP contribution in [0, 0.1) is 23.2 Å². The van der Waals surface area contributed by atoms with Crippen molar-refractivity contribution in [3.05, 3.63) is 71.8 Å². The van der Waals surface area contributed by atoms with E-state index in [0.29, 0.717) is 31.7 Å². The third-order valence-electron chi connectivity index (χ3n) is 6.29. The van der Waals surface area contributed by atoms with Crippen molar-refractivity contribution in [2.75, 3.05) is 6.61 Å². The molecule has 1 aliphatic rings. The summed E-state index contributed by atoms with van der Waals surface area (Å²) in [5.41, 5.74) is 1.58. The maximum atomic E-state index is 13.5. The van der Waals surface area contributed by atoms with Gasteiger partial charge in [0.25, 0.3) is 0 Å². The van der Waals surface area contributed by atoms with E-state index in [9.17, 15) is 4.79 Å². The van der Waals surface area contributed by atoms with E-state index in [1.165, 1.54) is 0 Å². The molecule has 0 amide bonds. The summed E-state index contributed by atoms with van der Waals surface area (Å²) >= 11 is 0. The van der Waals surface area contributed by atoms with Crippen LogP contribution >= 0.6 is 0 Å². The second kappa shape index (κ2) is 10.1. The predicted octanol–water partition coefficient (Wildman–Crippen LogP) is 6.03. The smallest absolute Gasteiger partial charge is 0.315 e. The molecule has 2 aromatic rings. The van der Waals surface area contributed by atoms with Crippen molar-refractivity contribution in [3.8, 4) is 0 Å². The highest BCUT2D eigenvalue weighted by atomic mass is 16.5. The van der Waals surface area contributed by atoms with Crippen LogP contribution in [0.3, 0.4) is 0 Å². The predicted molar refractivity (Wildman–Crippen MR) is 116 cm³/mol. The Bertz CT molecular complexity index is 756. The molecule has 0 bridgehead atoms. The third kappa shape index (κ3) is 5.48. The van der Waals surface area contributed by atoms with Crippen LogP contribution in [0.2, 0.25) is 0 Å². The van der Waals surface area contributed by atoms with Gasteiger partial charge in [-0.15, -0.1) is 0 Å². The number of hydrogen-bond donors (Lipinski definition) is 0. The molecule has 2 aromatic carbocycles. The molecule has 3 heteroatoms. The average molecular weight is 395 g/mol. The van der Waals surface area contributed by atoms with Gasteiger partial charge in [-0.2, -0.15) is 0 Å². The first kappa shape index (κ1) is 21.6. The fourth-order valence-corrected chi connectivity index (χ4v) is 4.84. The SMILES string of the molecule is CC(C)[C@@H]1CC[C@@H](C)CC1(COCc1ccccc1)C(=O)OCc1ccccc1. The molecular weight excluding hydrogens is 360 g/mol. The Kier molecular flexibility index (Phi) is 7.49. The van der Waals surface area contributed by atoms with Crippen LogP contribution in [0.15, 0.2) is 60.7 Å². The first-order valence-electron chi connectivity index (χ1n) is 10.8. The Morgan fingerprint density at radius 2 is 1.55 bits per heavy atom. The Morgan fingerprint density at radius 1 is 0.966 bits per heavy atom. The molecular formula is C26H34O3. The molecule has 0 N–H and O–H groups in total. The van der Waals surface area contributed by atoms with Gasteiger partial charge in [-0.25, -0.2) is 0 Å². The van der Waals surface area contributed by atoms with E-state index in [4.69, 9.17) is 9.47 Å². The fourth-order valence-electron chi connectivity index (χ4n) is 4.84. The lowest BCUT2D eigenvalue weighted by Gasteiger charge is -2.46. The number of carbonyl (C=O) groups is 1. The minimum atomic E-state index is -0.574. The van der Waals surface area contributed by atoms with Gasteiger partial charge in [0.2, 0.25) is 0 Å². The van der Waals surface area contributed by atoms with E-state index in [0.717, 1.165) is 30.4 Å². The largest absolute Gasteiger partial charge is 0.460 e. The molecule has 1 saturated carbocycles. The molecule has 0 aliphatic heterocycles. The lowest BCUT2D eigenvalue weighted by atomic mass is 9.60. The third-order valence-corrected chi connectivity index (χ3v) is 6.29. The minimum absolute atomic E-state index is 0.0975. The molecule has 1 unspecified atom stereocenters. The van der Waals surface area contributed by atoms with E-state index in [1.807, 2.05) is 48.5 Å². The van der Waals surface area contributed by atoms with Gasteiger partial charge in [-0.05, 0) is 41.7 Å². The van der Waals surface area contributed by atoms with Gasteiger partial charge in [0.1, 0.15) is 6.61 Å². The Morgan fingerprint density at radius 3 is 2.14 bits per heavy atom. The van der Waals surface area contributed by atoms with E-state index >= 15 is 0 Å². The molecule has 3 rings (SSSR count). The maximum Gasteiger partial charge on any atom is 0.315 e. The van der Waals surface area contributed by atoms with Crippen LogP contribution < -0.4 is 0 Å². The number of ether oxygens (including phenoxy) is 2. The molecule has 3 atom stereocenters. The summed E-state index contributed by atoms with van der Waals surface area (Å²) in [5, 5.41) is 0. The van der Waals surface area contributed by atoms with E-state index in [2.05, 4.69) is 32.9 Å². The van der Waals surface area contributed by atoms with E-state index in [1.54, 1.807) is 0 Å². The van der Waals surface area contributed by atoms with Crippen molar-refractivity contribution in [1.82, 2.24) is 0 Å². The first-order valence-corrected chi connectivity index (χ1v) is 10.8. The fraction of sp³-hybridized carbons (Fsp3) is 0.500. The number of rotatable bonds is 8. The van der Waals surface area contributed by atoms with Gasteiger partial charge < -0.3 is 9.47 Å². The Balaban J connectivity index is 1.76. The molecule has 156 valence electrons. The summed E-state index contributed by atoms with van der Waals surface area (Å²) in [6, 6.07) is 20.1. The van der Waals surface area contributed by atoms with Crippen LogP contribution in [0.25, 0.3) is 0 Å². The summed E-state index contributed by atoms with van der Waals surface area (Å²) in [6.45, 7) is 7.94. The quantitative estimate of drug-likeness (QED) is 0.513. The molecule has 3 nitrogen and oxygen atoms in total. The highest BCUT2D eigenvalue weighted by Crippen LogP contribution is 2.48. The number of esters is 1. The zero-order valence-electron chi connectivity index (χ0n) is 18.0. The monoisotopic (exact) mass is 394 g/mol. The molecule has 0 radical (unpaired) electrons. The van der Waals surface area contributed by atoms with Crippen LogP contribution in [0.4, 0.5) is 0 Å². The number of carbonyl (C=O) groups excluding carboxylic acids is 1. The van der Waals surface area contributed by atoms with Crippen molar-refractivity contribution >= 4 is 5.97 Å².